The van der Waals surface area contributed by atoms with Crippen LogP contribution in [0.15, 0.2) is 0 Å². The summed E-state index contributed by atoms with van der Waals surface area (Å²) in [5, 5.41) is 128. The zero-order valence-electron chi connectivity index (χ0n) is 43.6. The second-order valence-electron chi connectivity index (χ2n) is 19.2. The average Bonchev–Trinajstić information content (AvgIpc) is 3.42. The fraction of sp³-hybridized carbons (Fsp3) is 0.885. The summed E-state index contributed by atoms with van der Waals surface area (Å²) in [6.45, 7) is -0.749. The van der Waals surface area contributed by atoms with Crippen molar-refractivity contribution in [3.05, 3.63) is 0 Å². The number of terminal acetylenes is 1. The number of aliphatic hydroxyl groups excluding tert-OH is 12. The zero-order valence-corrected chi connectivity index (χ0v) is 43.6. The molecule has 438 valence electrons. The van der Waals surface area contributed by atoms with E-state index in [1.54, 1.807) is 0 Å². The lowest BCUT2D eigenvalue weighted by molar-refractivity contribution is -0.390. The lowest BCUT2D eigenvalue weighted by Crippen LogP contribution is -2.68. The average molecular weight is 1100 g/mol. The summed E-state index contributed by atoms with van der Waals surface area (Å²) in [5.41, 5.74) is 0. The number of rotatable bonds is 36. The molecule has 0 aliphatic carbocycles. The summed E-state index contributed by atoms with van der Waals surface area (Å²) in [7, 11) is 0. The third kappa shape index (κ3) is 21.2. The van der Waals surface area contributed by atoms with Crippen LogP contribution in [-0.4, -0.2) is 257 Å². The van der Waals surface area contributed by atoms with Crippen LogP contribution in [0, 0.1) is 36.2 Å². The van der Waals surface area contributed by atoms with Crippen molar-refractivity contribution in [1.82, 2.24) is 0 Å². The van der Waals surface area contributed by atoms with Crippen molar-refractivity contribution in [2.45, 2.75) is 220 Å². The Balaban J connectivity index is 1.45. The highest BCUT2D eigenvalue weighted by molar-refractivity contribution is 5.32. The second-order valence-corrected chi connectivity index (χ2v) is 19.2. The predicted molar refractivity (Wildman–Crippen MR) is 264 cm³/mol. The van der Waals surface area contributed by atoms with Crippen LogP contribution < -0.4 is 0 Å². The summed E-state index contributed by atoms with van der Waals surface area (Å²) < 4.78 is 69.7. The van der Waals surface area contributed by atoms with E-state index in [0.717, 1.165) is 19.3 Å². The lowest BCUT2D eigenvalue weighted by atomic mass is 9.95. The predicted octanol–water partition coefficient (Wildman–Crippen LogP) is -2.57. The molecule has 0 amide bonds. The second kappa shape index (κ2) is 37.5. The van der Waals surface area contributed by atoms with Crippen LogP contribution in [0.4, 0.5) is 0 Å². The molecule has 0 aromatic rings. The van der Waals surface area contributed by atoms with Gasteiger partial charge in [-0.15, -0.1) is 6.42 Å². The van der Waals surface area contributed by atoms with Crippen LogP contribution in [0.25, 0.3) is 0 Å². The maximum Gasteiger partial charge on any atom is 0.187 e. The molecule has 0 spiro atoms. The van der Waals surface area contributed by atoms with Crippen molar-refractivity contribution in [2.24, 2.45) is 0 Å². The Labute approximate surface area is 445 Å². The van der Waals surface area contributed by atoms with Gasteiger partial charge in [0.05, 0.1) is 59.5 Å². The van der Waals surface area contributed by atoms with E-state index in [1.165, 1.54) is 70.6 Å². The molecule has 24 heteroatoms. The van der Waals surface area contributed by atoms with E-state index in [0.29, 0.717) is 6.61 Å². The van der Waals surface area contributed by atoms with Gasteiger partial charge in [0.25, 0.3) is 0 Å². The third-order valence-corrected chi connectivity index (χ3v) is 13.4. The Morgan fingerprint density at radius 2 is 0.908 bits per heavy atom. The van der Waals surface area contributed by atoms with E-state index in [9.17, 15) is 61.3 Å². The first-order valence-electron chi connectivity index (χ1n) is 26.8. The van der Waals surface area contributed by atoms with Gasteiger partial charge < -0.3 is 118 Å². The Kier molecular flexibility index (Phi) is 32.6. The number of aliphatic hydroxyl groups is 12. The van der Waals surface area contributed by atoms with Gasteiger partial charge in [-0.2, -0.15) is 0 Å². The monoisotopic (exact) mass is 1090 g/mol. The first kappa shape index (κ1) is 66.1. The first-order valence-corrected chi connectivity index (χ1v) is 26.8. The molecule has 4 aliphatic heterocycles. The number of hydrogen-bond acceptors (Lipinski definition) is 24. The van der Waals surface area contributed by atoms with Crippen molar-refractivity contribution in [3.63, 3.8) is 0 Å². The maximum atomic E-state index is 12.0. The molecule has 4 rings (SSSR count). The molecule has 24 nitrogen and oxygen atoms in total. The summed E-state index contributed by atoms with van der Waals surface area (Å²) >= 11 is 0. The summed E-state index contributed by atoms with van der Waals surface area (Å²) in [5.74, 6) is 9.02. The SMILES string of the molecule is C#CC#CC#COCC1O[C@@H](O[C@H]2C(O)C(O)[C@@H](O[C@H]3C(COCCO)O[C@@H](O[C@H]4C(O)C(O)[C@@H](O)O[C@@H]4CO)C(OCCO)[C@H]3O)O[C@@H]2COCCOCCCCCCCCCCCCCCCC)C(O)[C@@H](O)[C@H]1O. The Hall–Kier alpha value is -2.44. The Bertz CT molecular complexity index is 1700. The van der Waals surface area contributed by atoms with Crippen molar-refractivity contribution in [3.8, 4) is 36.2 Å². The highest BCUT2D eigenvalue weighted by Crippen LogP contribution is 2.35. The molecule has 12 N–H and O–H groups in total. The number of unbranched alkanes of at least 4 members (excludes halogenated alkanes) is 13. The molecule has 20 atom stereocenters. The van der Waals surface area contributed by atoms with Gasteiger partial charge in [0.2, 0.25) is 0 Å². The molecule has 0 aromatic carbocycles. The normalized spacial score (nSPS) is 35.6. The minimum Gasteiger partial charge on any atom is -0.443 e. The number of hydrogen-bond donors (Lipinski definition) is 12. The van der Waals surface area contributed by atoms with Crippen molar-refractivity contribution < 1.29 is 118 Å². The van der Waals surface area contributed by atoms with E-state index in [1.807, 2.05) is 0 Å². The molecule has 0 saturated carbocycles. The topological polar surface area (TPSA) is 354 Å². The maximum absolute atomic E-state index is 12.0. The van der Waals surface area contributed by atoms with Crippen molar-refractivity contribution in [2.75, 3.05) is 72.7 Å². The minimum atomic E-state index is -2.02. The molecule has 4 heterocycles. The van der Waals surface area contributed by atoms with Crippen LogP contribution in [0.1, 0.15) is 96.8 Å². The van der Waals surface area contributed by atoms with Crippen LogP contribution in [0.5, 0.6) is 0 Å². The fourth-order valence-electron chi connectivity index (χ4n) is 9.19. The molecule has 76 heavy (non-hydrogen) atoms. The highest BCUT2D eigenvalue weighted by Gasteiger charge is 2.56. The van der Waals surface area contributed by atoms with Gasteiger partial charge in [0.15, 0.2) is 25.2 Å². The third-order valence-electron chi connectivity index (χ3n) is 13.4. The van der Waals surface area contributed by atoms with E-state index in [-0.39, 0.29) is 26.4 Å². The smallest absolute Gasteiger partial charge is 0.187 e. The number of ether oxygens (including phenoxy) is 12. The highest BCUT2D eigenvalue weighted by atomic mass is 16.8. The molecular formula is C52H86O24. The van der Waals surface area contributed by atoms with Crippen LogP contribution in [0.3, 0.4) is 0 Å². The van der Waals surface area contributed by atoms with E-state index in [2.05, 4.69) is 36.7 Å². The van der Waals surface area contributed by atoms with Gasteiger partial charge >= 0.3 is 0 Å². The van der Waals surface area contributed by atoms with Crippen LogP contribution >= 0.6 is 0 Å². The van der Waals surface area contributed by atoms with Crippen LogP contribution in [0.2, 0.25) is 0 Å². The molecule has 0 radical (unpaired) electrons. The minimum absolute atomic E-state index is 0.0353. The van der Waals surface area contributed by atoms with Gasteiger partial charge in [-0.25, -0.2) is 0 Å². The fourth-order valence-corrected chi connectivity index (χ4v) is 9.19. The molecule has 8 unspecified atom stereocenters. The van der Waals surface area contributed by atoms with Gasteiger partial charge in [-0.3, -0.25) is 0 Å². The molecule has 0 bridgehead atoms. The molecule has 4 aliphatic rings. The van der Waals surface area contributed by atoms with Gasteiger partial charge in [0, 0.05) is 18.4 Å². The first-order chi connectivity index (χ1) is 36.8. The van der Waals surface area contributed by atoms with Crippen molar-refractivity contribution >= 4 is 0 Å². The van der Waals surface area contributed by atoms with E-state index in [4.69, 9.17) is 63.3 Å². The standard InChI is InChI=1S/C52H86O24/c1-3-5-7-9-10-11-12-13-14-15-16-17-18-20-23-65-27-28-68-32-35-46(74-50-42(61)38(57)37(56)34(71-50)30-66-24-19-8-6-4-2)40(59)43(62)51(72-35)75-47-36(31-67-25-21-53)73-52(48(44(47)63)69-26-22-54)76-45-33(29-55)70-49(64)41(60)39(45)58/h2,33-64H,3,5,7,9-18,20-23,25-32H2,1H3/t33-,34?,35-,36?,37+,38+,39?,40?,41?,42?,43?,44+,45-,46-,47+,48?,49+,50+,51-,52+/m1/s1. The summed E-state index contributed by atoms with van der Waals surface area (Å²) in [6, 6.07) is 0. The quantitative estimate of drug-likeness (QED) is 0.0227. The summed E-state index contributed by atoms with van der Waals surface area (Å²) in [6.07, 6.45) is -9.69. The largest absolute Gasteiger partial charge is 0.443 e. The van der Waals surface area contributed by atoms with Gasteiger partial charge in [0.1, 0.15) is 110 Å². The van der Waals surface area contributed by atoms with Gasteiger partial charge in [-0.1, -0.05) is 90.4 Å². The van der Waals surface area contributed by atoms with E-state index >= 15 is 0 Å². The van der Waals surface area contributed by atoms with Gasteiger partial charge in [-0.05, 0) is 18.3 Å². The lowest BCUT2D eigenvalue weighted by Gasteiger charge is -2.49. The molecular weight excluding hydrogens is 1010 g/mol. The van der Waals surface area contributed by atoms with E-state index < -0.39 is 162 Å². The molecule has 4 fully saturated rings. The summed E-state index contributed by atoms with van der Waals surface area (Å²) in [4.78, 5) is 0. The van der Waals surface area contributed by atoms with Crippen molar-refractivity contribution in [1.29, 1.82) is 0 Å². The Morgan fingerprint density at radius 1 is 0.408 bits per heavy atom. The zero-order chi connectivity index (χ0) is 55.2. The molecule has 4 saturated heterocycles. The molecule has 0 aromatic heterocycles. The Morgan fingerprint density at radius 3 is 1.50 bits per heavy atom. The van der Waals surface area contributed by atoms with Crippen LogP contribution in [-0.2, 0) is 56.8 Å².